The maximum atomic E-state index is 12.5. The molecule has 0 saturated carbocycles. The van der Waals surface area contributed by atoms with Gasteiger partial charge in [0.25, 0.3) is 0 Å². The number of alkyl carbamates (subject to hydrolysis) is 1. The van der Waals surface area contributed by atoms with Gasteiger partial charge in [-0.05, 0) is 45.7 Å². The summed E-state index contributed by atoms with van der Waals surface area (Å²) >= 11 is 0. The molecule has 9 nitrogen and oxygen atoms in total. The summed E-state index contributed by atoms with van der Waals surface area (Å²) in [6.07, 6.45) is -2.75. The molecule has 2 N–H and O–H groups in total. The normalized spacial score (nSPS) is 12.5. The van der Waals surface area contributed by atoms with Crippen LogP contribution in [0.15, 0.2) is 30.6 Å². The van der Waals surface area contributed by atoms with Gasteiger partial charge in [0.05, 0.1) is 18.1 Å². The molecule has 0 spiro atoms. The van der Waals surface area contributed by atoms with Crippen LogP contribution in [0.2, 0.25) is 0 Å². The fraction of sp³-hybridized carbons (Fsp3) is 0.429. The molecule has 0 radical (unpaired) electrons. The van der Waals surface area contributed by atoms with Crippen LogP contribution in [0.3, 0.4) is 0 Å². The van der Waals surface area contributed by atoms with E-state index >= 15 is 0 Å². The van der Waals surface area contributed by atoms with Crippen molar-refractivity contribution in [3.05, 3.63) is 36.2 Å². The number of hydrogen-bond acceptors (Lipinski definition) is 7. The van der Waals surface area contributed by atoms with Crippen molar-refractivity contribution in [1.82, 2.24) is 15.3 Å². The van der Waals surface area contributed by atoms with E-state index in [1.807, 2.05) is 0 Å². The van der Waals surface area contributed by atoms with Crippen LogP contribution in [0.4, 0.5) is 23.7 Å². The molecular formula is C21H25F3N4O5. The topological polar surface area (TPSA) is 112 Å². The first-order valence-corrected chi connectivity index (χ1v) is 9.92. The first kappa shape index (κ1) is 25.7. The Labute approximate surface area is 188 Å². The number of hydrogen-bond donors (Lipinski definition) is 2. The Bertz CT molecular complexity index is 975. The number of carbonyl (C=O) groups is 2. The molecule has 2 amide bonds. The first-order chi connectivity index (χ1) is 15.3. The largest absolute Gasteiger partial charge is 0.573 e. The minimum Gasteiger partial charge on any atom is -0.444 e. The summed E-state index contributed by atoms with van der Waals surface area (Å²) in [6, 6.07) is 2.89. The van der Waals surface area contributed by atoms with Crippen LogP contribution >= 0.6 is 0 Å². The van der Waals surface area contributed by atoms with Crippen molar-refractivity contribution in [2.45, 2.75) is 59.0 Å². The molecule has 33 heavy (non-hydrogen) atoms. The van der Waals surface area contributed by atoms with Gasteiger partial charge in [-0.25, -0.2) is 14.8 Å². The van der Waals surface area contributed by atoms with Gasteiger partial charge in [0.15, 0.2) is 0 Å². The molecule has 0 bridgehead atoms. The number of amides is 2. The predicted molar refractivity (Wildman–Crippen MR) is 112 cm³/mol. The van der Waals surface area contributed by atoms with E-state index < -0.39 is 35.8 Å². The van der Waals surface area contributed by atoms with E-state index in [-0.39, 0.29) is 23.0 Å². The number of anilines is 1. The summed E-state index contributed by atoms with van der Waals surface area (Å²) in [5.74, 6) is -0.885. The smallest absolute Gasteiger partial charge is 0.444 e. The third-order valence-corrected chi connectivity index (χ3v) is 3.91. The average Bonchev–Trinajstić information content (AvgIpc) is 2.67. The highest BCUT2D eigenvalue weighted by Gasteiger charge is 2.32. The lowest BCUT2D eigenvalue weighted by molar-refractivity contribution is -0.274. The molecular weight excluding hydrogens is 445 g/mol. The summed E-state index contributed by atoms with van der Waals surface area (Å²) in [6.45, 7) is 8.29. The van der Waals surface area contributed by atoms with E-state index in [0.717, 1.165) is 6.07 Å². The lowest BCUT2D eigenvalue weighted by Crippen LogP contribution is -2.45. The van der Waals surface area contributed by atoms with Crippen LogP contribution in [0.25, 0.3) is 0 Å². The van der Waals surface area contributed by atoms with Crippen molar-refractivity contribution in [2.24, 2.45) is 0 Å². The summed E-state index contributed by atoms with van der Waals surface area (Å²) in [4.78, 5) is 32.2. The van der Waals surface area contributed by atoms with Crippen LogP contribution in [0, 0.1) is 6.92 Å². The quantitative estimate of drug-likeness (QED) is 0.602. The molecule has 1 aromatic heterocycles. The lowest BCUT2D eigenvalue weighted by Gasteiger charge is -2.22. The van der Waals surface area contributed by atoms with Gasteiger partial charge in [-0.15, -0.1) is 13.2 Å². The van der Waals surface area contributed by atoms with Crippen molar-refractivity contribution in [3.8, 4) is 17.5 Å². The molecule has 2 aromatic rings. The number of carbonyl (C=O) groups excluding carboxylic acids is 2. The van der Waals surface area contributed by atoms with E-state index in [1.165, 1.54) is 31.5 Å². The first-order valence-electron chi connectivity index (χ1n) is 9.92. The van der Waals surface area contributed by atoms with E-state index in [9.17, 15) is 22.8 Å². The second-order valence-electron chi connectivity index (χ2n) is 7.93. The number of ether oxygens (including phenoxy) is 3. The molecule has 12 heteroatoms. The summed E-state index contributed by atoms with van der Waals surface area (Å²) in [5.41, 5.74) is -0.217. The van der Waals surface area contributed by atoms with Gasteiger partial charge in [0.2, 0.25) is 5.91 Å². The molecule has 1 aromatic carbocycles. The Hall–Kier alpha value is -3.57. The zero-order chi connectivity index (χ0) is 24.8. The van der Waals surface area contributed by atoms with Crippen molar-refractivity contribution in [3.63, 3.8) is 0 Å². The molecule has 180 valence electrons. The molecule has 1 atom stereocenters. The number of halogens is 3. The maximum Gasteiger partial charge on any atom is 0.573 e. The Morgan fingerprint density at radius 2 is 1.76 bits per heavy atom. The van der Waals surface area contributed by atoms with Gasteiger partial charge < -0.3 is 24.8 Å². The van der Waals surface area contributed by atoms with Gasteiger partial charge in [0.1, 0.15) is 23.1 Å². The Balaban J connectivity index is 2.00. The van der Waals surface area contributed by atoms with E-state index in [1.54, 1.807) is 27.7 Å². The SMILES string of the molecule is CCC(NC(=O)OC(C)(C)C)C(=O)Nc1cnc(Oc2ccc(C)c(OC(F)(F)F)c2)nc1. The number of aromatic nitrogens is 2. The van der Waals surface area contributed by atoms with Gasteiger partial charge in [-0.2, -0.15) is 0 Å². The van der Waals surface area contributed by atoms with Crippen LogP contribution in [-0.4, -0.2) is 40.0 Å². The van der Waals surface area contributed by atoms with Crippen LogP contribution in [0.5, 0.6) is 17.5 Å². The monoisotopic (exact) mass is 470 g/mol. The third-order valence-electron chi connectivity index (χ3n) is 3.91. The number of benzene rings is 1. The second kappa shape index (κ2) is 10.4. The van der Waals surface area contributed by atoms with Crippen molar-refractivity contribution < 1.29 is 37.0 Å². The molecule has 0 fully saturated rings. The van der Waals surface area contributed by atoms with Crippen molar-refractivity contribution >= 4 is 17.7 Å². The van der Waals surface area contributed by atoms with Crippen LogP contribution in [-0.2, 0) is 9.53 Å². The molecule has 0 saturated heterocycles. The van der Waals surface area contributed by atoms with Crippen LogP contribution in [0.1, 0.15) is 39.7 Å². The summed E-state index contributed by atoms with van der Waals surface area (Å²) in [5, 5.41) is 5.04. The van der Waals surface area contributed by atoms with Crippen molar-refractivity contribution in [2.75, 3.05) is 5.32 Å². The highest BCUT2D eigenvalue weighted by Crippen LogP contribution is 2.31. The van der Waals surface area contributed by atoms with Crippen LogP contribution < -0.4 is 20.1 Å². The molecule has 0 aliphatic carbocycles. The minimum atomic E-state index is -4.84. The Morgan fingerprint density at radius 1 is 1.12 bits per heavy atom. The van der Waals surface area contributed by atoms with E-state index in [0.29, 0.717) is 6.42 Å². The maximum absolute atomic E-state index is 12.5. The molecule has 1 heterocycles. The highest BCUT2D eigenvalue weighted by atomic mass is 19.4. The summed E-state index contributed by atoms with van der Waals surface area (Å²) in [7, 11) is 0. The zero-order valence-corrected chi connectivity index (χ0v) is 18.7. The zero-order valence-electron chi connectivity index (χ0n) is 18.7. The molecule has 0 aliphatic heterocycles. The fourth-order valence-electron chi connectivity index (χ4n) is 2.45. The highest BCUT2D eigenvalue weighted by molar-refractivity contribution is 5.96. The standard InChI is InChI=1S/C21H25F3N4O5/c1-6-15(28-19(30)33-20(3,4)5)17(29)27-13-10-25-18(26-11-13)31-14-8-7-12(2)16(9-14)32-21(22,23)24/h7-11,15H,6H2,1-5H3,(H,27,29)(H,28,30). The van der Waals surface area contributed by atoms with Gasteiger partial charge in [-0.1, -0.05) is 13.0 Å². The number of rotatable bonds is 7. The molecule has 1 unspecified atom stereocenters. The Kier molecular flexibility index (Phi) is 8.07. The average molecular weight is 470 g/mol. The number of nitrogens with zero attached hydrogens (tertiary/aromatic N) is 2. The molecule has 0 aliphatic rings. The Morgan fingerprint density at radius 3 is 2.30 bits per heavy atom. The van der Waals surface area contributed by atoms with Gasteiger partial charge in [-0.3, -0.25) is 4.79 Å². The van der Waals surface area contributed by atoms with Gasteiger partial charge >= 0.3 is 18.5 Å². The fourth-order valence-corrected chi connectivity index (χ4v) is 2.45. The second-order valence-corrected chi connectivity index (χ2v) is 7.93. The van der Waals surface area contributed by atoms with Gasteiger partial charge in [0, 0.05) is 6.07 Å². The minimum absolute atomic E-state index is 0.0317. The lowest BCUT2D eigenvalue weighted by atomic mass is 10.2. The van der Waals surface area contributed by atoms with E-state index in [2.05, 4.69) is 25.3 Å². The predicted octanol–water partition coefficient (Wildman–Crippen LogP) is 4.72. The number of nitrogens with one attached hydrogen (secondary N) is 2. The number of alkyl halides is 3. The van der Waals surface area contributed by atoms with Crippen molar-refractivity contribution in [1.29, 1.82) is 0 Å². The molecule has 2 rings (SSSR count). The summed E-state index contributed by atoms with van der Waals surface area (Å²) < 4.78 is 52.0. The third kappa shape index (κ3) is 8.83. The number of aryl methyl sites for hydroxylation is 1. The van der Waals surface area contributed by atoms with E-state index in [4.69, 9.17) is 9.47 Å².